The van der Waals surface area contributed by atoms with Crippen molar-refractivity contribution in [2.24, 2.45) is 10.4 Å². The average molecular weight is 409 g/mol. The van der Waals surface area contributed by atoms with E-state index in [1.54, 1.807) is 31.2 Å². The van der Waals surface area contributed by atoms with Gasteiger partial charge in [-0.05, 0) is 25.1 Å². The monoisotopic (exact) mass is 408 g/mol. The molecule has 1 aromatic rings. The number of amides is 2. The quantitative estimate of drug-likeness (QED) is 0.426. The van der Waals surface area contributed by atoms with Crippen LogP contribution in [-0.4, -0.2) is 40.8 Å². The Morgan fingerprint density at radius 1 is 1.40 bits per heavy atom. The number of carbonyl (C=O) groups excluding carboxylic acids is 3. The Bertz CT molecular complexity index is 811. The number of carbonyl (C=O) groups is 3. The van der Waals surface area contributed by atoms with E-state index in [1.165, 1.54) is 0 Å². The molecular formula is C15H13BrN4O5. The fourth-order valence-corrected chi connectivity index (χ4v) is 3.30. The van der Waals surface area contributed by atoms with Crippen LogP contribution in [-0.2, 0) is 19.1 Å². The molecule has 0 bridgehead atoms. The van der Waals surface area contributed by atoms with Crippen molar-refractivity contribution in [1.29, 1.82) is 0 Å². The number of anilines is 1. The van der Waals surface area contributed by atoms with Gasteiger partial charge in [-0.15, -0.1) is 15.1 Å². The molecule has 0 aromatic heterocycles. The Morgan fingerprint density at radius 3 is 2.80 bits per heavy atom. The van der Waals surface area contributed by atoms with E-state index in [9.17, 15) is 19.3 Å². The fourth-order valence-electron chi connectivity index (χ4n) is 2.91. The topological polar surface area (TPSA) is 109 Å². The first kappa shape index (κ1) is 17.2. The minimum atomic E-state index is -1.62. The van der Waals surface area contributed by atoms with Gasteiger partial charge in [0.05, 0.1) is 24.0 Å². The van der Waals surface area contributed by atoms with Crippen LogP contribution in [0.15, 0.2) is 39.1 Å². The summed E-state index contributed by atoms with van der Waals surface area (Å²) < 4.78 is 5.54. The maximum absolute atomic E-state index is 13.0. The van der Waals surface area contributed by atoms with Gasteiger partial charge >= 0.3 is 5.97 Å². The van der Waals surface area contributed by atoms with Crippen LogP contribution >= 0.6 is 15.9 Å². The van der Waals surface area contributed by atoms with E-state index >= 15 is 0 Å². The van der Waals surface area contributed by atoms with Crippen LogP contribution < -0.4 is 4.90 Å². The number of benzene rings is 1. The molecular weight excluding hydrogens is 396 g/mol. The van der Waals surface area contributed by atoms with Gasteiger partial charge in [0.2, 0.25) is 5.91 Å². The SMILES string of the molecule is CCOC(=O)C1=NN(N=O)C2(CC(=O)N(c3cccc(Br)c3)C2=O)C1. The highest BCUT2D eigenvalue weighted by atomic mass is 79.9. The Balaban J connectivity index is 1.95. The first-order valence-electron chi connectivity index (χ1n) is 7.44. The van der Waals surface area contributed by atoms with Gasteiger partial charge in [-0.3, -0.25) is 9.59 Å². The van der Waals surface area contributed by atoms with Gasteiger partial charge in [-0.1, -0.05) is 22.0 Å². The molecule has 1 fully saturated rings. The van der Waals surface area contributed by atoms with Crippen LogP contribution in [0.4, 0.5) is 5.69 Å². The summed E-state index contributed by atoms with van der Waals surface area (Å²) in [7, 11) is 0. The van der Waals surface area contributed by atoms with Gasteiger partial charge in [0.15, 0.2) is 11.3 Å². The smallest absolute Gasteiger partial charge is 0.354 e. The number of hydrazone groups is 1. The van der Waals surface area contributed by atoms with Crippen molar-refractivity contribution in [3.05, 3.63) is 33.6 Å². The molecule has 0 N–H and O–H groups in total. The first-order chi connectivity index (χ1) is 11.9. The largest absolute Gasteiger partial charge is 0.461 e. The van der Waals surface area contributed by atoms with E-state index in [0.29, 0.717) is 15.3 Å². The zero-order valence-corrected chi connectivity index (χ0v) is 14.7. The van der Waals surface area contributed by atoms with Crippen molar-refractivity contribution in [2.75, 3.05) is 11.5 Å². The minimum absolute atomic E-state index is 0.112. The van der Waals surface area contributed by atoms with Crippen molar-refractivity contribution >= 4 is 45.1 Å². The highest BCUT2D eigenvalue weighted by molar-refractivity contribution is 9.10. The summed E-state index contributed by atoms with van der Waals surface area (Å²) >= 11 is 3.28. The van der Waals surface area contributed by atoms with E-state index in [4.69, 9.17) is 4.74 Å². The first-order valence-corrected chi connectivity index (χ1v) is 8.23. The van der Waals surface area contributed by atoms with Crippen molar-refractivity contribution in [3.8, 4) is 0 Å². The van der Waals surface area contributed by atoms with Gasteiger partial charge in [0.25, 0.3) is 5.91 Å². The summed E-state index contributed by atoms with van der Waals surface area (Å²) in [5.74, 6) is -1.90. The molecule has 2 amide bonds. The molecule has 0 radical (unpaired) electrons. The van der Waals surface area contributed by atoms with E-state index in [2.05, 4.69) is 26.3 Å². The maximum atomic E-state index is 13.0. The number of ether oxygens (including phenoxy) is 1. The second-order valence-electron chi connectivity index (χ2n) is 5.54. The number of nitroso groups, excluding NO2 is 1. The molecule has 2 aliphatic rings. The lowest BCUT2D eigenvalue weighted by atomic mass is 9.92. The van der Waals surface area contributed by atoms with E-state index < -0.39 is 23.3 Å². The summed E-state index contributed by atoms with van der Waals surface area (Å²) in [6.07, 6.45) is -0.525. The molecule has 0 aliphatic carbocycles. The van der Waals surface area contributed by atoms with Crippen molar-refractivity contribution in [3.63, 3.8) is 0 Å². The van der Waals surface area contributed by atoms with Gasteiger partial charge in [0, 0.05) is 10.9 Å². The summed E-state index contributed by atoms with van der Waals surface area (Å²) in [5.41, 5.74) is -1.38. The van der Waals surface area contributed by atoms with Gasteiger partial charge in [-0.2, -0.15) is 0 Å². The lowest BCUT2D eigenvalue weighted by molar-refractivity contribution is -0.135. The highest BCUT2D eigenvalue weighted by Gasteiger charge is 2.61. The molecule has 25 heavy (non-hydrogen) atoms. The molecule has 1 atom stereocenters. The Hall–Kier alpha value is -2.62. The van der Waals surface area contributed by atoms with Crippen LogP contribution in [0, 0.1) is 4.91 Å². The summed E-state index contributed by atoms with van der Waals surface area (Å²) in [6.45, 7) is 1.74. The molecule has 0 saturated carbocycles. The average Bonchev–Trinajstić information content (AvgIpc) is 3.06. The number of hydrogen-bond donors (Lipinski definition) is 0. The van der Waals surface area contributed by atoms with Crippen LogP contribution in [0.2, 0.25) is 0 Å². The Morgan fingerprint density at radius 2 is 2.16 bits per heavy atom. The molecule has 9 nitrogen and oxygen atoms in total. The third-order valence-electron chi connectivity index (χ3n) is 4.01. The Kier molecular flexibility index (Phi) is 4.38. The molecule has 130 valence electrons. The molecule has 10 heteroatoms. The zero-order chi connectivity index (χ0) is 18.2. The molecule has 2 aliphatic heterocycles. The number of rotatable bonds is 4. The molecule has 1 unspecified atom stereocenters. The third kappa shape index (κ3) is 2.72. The van der Waals surface area contributed by atoms with E-state index in [0.717, 1.165) is 4.90 Å². The normalized spacial score (nSPS) is 22.6. The van der Waals surface area contributed by atoms with Gasteiger partial charge in [-0.25, -0.2) is 9.69 Å². The fraction of sp³-hybridized carbons (Fsp3) is 0.333. The summed E-state index contributed by atoms with van der Waals surface area (Å²) in [4.78, 5) is 49.5. The van der Waals surface area contributed by atoms with Crippen molar-refractivity contribution in [2.45, 2.75) is 25.3 Å². The van der Waals surface area contributed by atoms with Crippen LogP contribution in [0.1, 0.15) is 19.8 Å². The van der Waals surface area contributed by atoms with Gasteiger partial charge in [0.1, 0.15) is 0 Å². The molecule has 1 saturated heterocycles. The predicted octanol–water partition coefficient (Wildman–Crippen LogP) is 1.76. The number of halogens is 1. The number of imide groups is 1. The molecule has 3 rings (SSSR count). The third-order valence-corrected chi connectivity index (χ3v) is 4.50. The van der Waals surface area contributed by atoms with E-state index in [1.807, 2.05) is 0 Å². The predicted molar refractivity (Wildman–Crippen MR) is 90.3 cm³/mol. The minimum Gasteiger partial charge on any atom is -0.461 e. The summed E-state index contributed by atoms with van der Waals surface area (Å²) in [5, 5.41) is 7.11. The lowest BCUT2D eigenvalue weighted by Crippen LogP contribution is -2.48. The summed E-state index contributed by atoms with van der Waals surface area (Å²) in [6, 6.07) is 6.63. The highest BCUT2D eigenvalue weighted by Crippen LogP contribution is 2.41. The van der Waals surface area contributed by atoms with E-state index in [-0.39, 0.29) is 25.2 Å². The second-order valence-corrected chi connectivity index (χ2v) is 6.45. The Labute approximate surface area is 150 Å². The lowest BCUT2D eigenvalue weighted by Gasteiger charge is -2.24. The number of esters is 1. The number of nitrogens with zero attached hydrogens (tertiary/aromatic N) is 4. The molecule has 1 spiro atoms. The van der Waals surface area contributed by atoms with Gasteiger partial charge < -0.3 is 4.74 Å². The van der Waals surface area contributed by atoms with Crippen molar-refractivity contribution in [1.82, 2.24) is 5.12 Å². The standard InChI is InChI=1S/C15H13BrN4O5/c1-2-25-13(22)11-7-15(20(17-11)18-24)8-12(21)19(14(15)23)10-5-3-4-9(16)6-10/h3-6H,2,7-8H2,1H3. The van der Waals surface area contributed by atoms with Crippen LogP contribution in [0.3, 0.4) is 0 Å². The second kappa shape index (κ2) is 6.36. The van der Waals surface area contributed by atoms with Crippen LogP contribution in [0.25, 0.3) is 0 Å². The molecule has 2 heterocycles. The van der Waals surface area contributed by atoms with Crippen molar-refractivity contribution < 1.29 is 19.1 Å². The molecule has 1 aromatic carbocycles. The maximum Gasteiger partial charge on any atom is 0.354 e. The number of hydrogen-bond acceptors (Lipinski definition) is 7. The zero-order valence-electron chi connectivity index (χ0n) is 13.1. The van der Waals surface area contributed by atoms with Crippen LogP contribution in [0.5, 0.6) is 0 Å².